The second-order valence-corrected chi connectivity index (χ2v) is 6.52. The topological polar surface area (TPSA) is 82.5 Å². The normalized spacial score (nSPS) is 15.9. The predicted octanol–water partition coefficient (Wildman–Crippen LogP) is 2.91. The fourth-order valence-electron chi connectivity index (χ4n) is 2.12. The lowest BCUT2D eigenvalue weighted by Crippen LogP contribution is -2.00. The van der Waals surface area contributed by atoms with Crippen LogP contribution in [0.15, 0.2) is 39.9 Å². The van der Waals surface area contributed by atoms with E-state index in [0.29, 0.717) is 17.8 Å². The van der Waals surface area contributed by atoms with Crippen LogP contribution in [-0.4, -0.2) is 30.4 Å². The average molecular weight is 314 g/mol. The first-order valence-electron chi connectivity index (χ1n) is 7.14. The third-order valence-electron chi connectivity index (χ3n) is 3.45. The molecule has 0 unspecified atom stereocenters. The van der Waals surface area contributed by atoms with Gasteiger partial charge in [-0.25, -0.2) is 4.68 Å². The quantitative estimate of drug-likeness (QED) is 0.669. The molecule has 1 aliphatic carbocycles. The van der Waals surface area contributed by atoms with Gasteiger partial charge >= 0.3 is 0 Å². The molecule has 0 saturated heterocycles. The Morgan fingerprint density at radius 2 is 2.00 bits per heavy atom. The molecule has 0 N–H and O–H groups in total. The molecular weight excluding hydrogens is 300 g/mol. The first kappa shape index (κ1) is 13.4. The van der Waals surface area contributed by atoms with Crippen LogP contribution >= 0.6 is 11.8 Å². The van der Waals surface area contributed by atoms with E-state index in [2.05, 4.69) is 25.7 Å². The lowest BCUT2D eigenvalue weighted by atomic mass is 10.2. The van der Waals surface area contributed by atoms with E-state index in [4.69, 9.17) is 4.42 Å². The van der Waals surface area contributed by atoms with E-state index in [-0.39, 0.29) is 5.25 Å². The van der Waals surface area contributed by atoms with Gasteiger partial charge in [0.2, 0.25) is 16.9 Å². The van der Waals surface area contributed by atoms with E-state index >= 15 is 0 Å². The van der Waals surface area contributed by atoms with Crippen LogP contribution in [-0.2, 0) is 0 Å². The molecule has 0 amide bonds. The molecule has 2 heterocycles. The highest BCUT2D eigenvalue weighted by atomic mass is 32.2. The van der Waals surface area contributed by atoms with Crippen molar-refractivity contribution in [2.24, 2.45) is 0 Å². The molecule has 1 aliphatic rings. The summed E-state index contributed by atoms with van der Waals surface area (Å²) in [6.45, 7) is 2.01. The van der Waals surface area contributed by atoms with Gasteiger partial charge in [0.05, 0.1) is 11.3 Å². The van der Waals surface area contributed by atoms with Crippen molar-refractivity contribution in [3.63, 3.8) is 0 Å². The van der Waals surface area contributed by atoms with Gasteiger partial charge in [0.1, 0.15) is 0 Å². The minimum atomic E-state index is -0.00605. The van der Waals surface area contributed by atoms with Crippen molar-refractivity contribution in [3.8, 4) is 11.5 Å². The Labute approximate surface area is 131 Å². The Balaban J connectivity index is 1.52. The van der Waals surface area contributed by atoms with Crippen molar-refractivity contribution >= 4 is 11.8 Å². The summed E-state index contributed by atoms with van der Waals surface area (Å²) in [7, 11) is 0. The van der Waals surface area contributed by atoms with Crippen molar-refractivity contribution in [1.82, 2.24) is 30.4 Å². The third-order valence-corrected chi connectivity index (χ3v) is 4.48. The van der Waals surface area contributed by atoms with Crippen LogP contribution < -0.4 is 0 Å². The van der Waals surface area contributed by atoms with Gasteiger partial charge in [-0.05, 0) is 42.3 Å². The fraction of sp³-hybridized carbons (Fsp3) is 0.357. The summed E-state index contributed by atoms with van der Waals surface area (Å²) in [6.07, 6.45) is 2.29. The van der Waals surface area contributed by atoms with Crippen LogP contribution in [0.25, 0.3) is 11.5 Å². The van der Waals surface area contributed by atoms with E-state index < -0.39 is 0 Å². The number of thioether (sulfide) groups is 1. The first-order chi connectivity index (χ1) is 10.8. The minimum absolute atomic E-state index is 0.00605. The molecule has 0 radical (unpaired) electrons. The van der Waals surface area contributed by atoms with Gasteiger partial charge in [-0.3, -0.25) is 0 Å². The second-order valence-electron chi connectivity index (χ2n) is 5.21. The minimum Gasteiger partial charge on any atom is -0.419 e. The Morgan fingerprint density at radius 3 is 2.77 bits per heavy atom. The van der Waals surface area contributed by atoms with Crippen molar-refractivity contribution in [2.45, 2.75) is 36.2 Å². The maximum absolute atomic E-state index is 5.78. The van der Waals surface area contributed by atoms with Crippen LogP contribution in [0.4, 0.5) is 0 Å². The molecule has 0 spiro atoms. The summed E-state index contributed by atoms with van der Waals surface area (Å²) >= 11 is 1.54. The van der Waals surface area contributed by atoms with Gasteiger partial charge in [0.15, 0.2) is 0 Å². The number of hydrogen-bond acceptors (Lipinski definition) is 7. The zero-order valence-corrected chi connectivity index (χ0v) is 12.8. The summed E-state index contributed by atoms with van der Waals surface area (Å²) in [5.74, 6) is 1.11. The largest absolute Gasteiger partial charge is 0.419 e. The molecule has 0 bridgehead atoms. The maximum Gasteiger partial charge on any atom is 0.247 e. The zero-order valence-electron chi connectivity index (χ0n) is 12.0. The number of nitrogens with zero attached hydrogens (tertiary/aromatic N) is 6. The van der Waals surface area contributed by atoms with Crippen LogP contribution in [0.3, 0.4) is 0 Å². The molecule has 0 aliphatic heterocycles. The molecule has 1 atom stereocenters. The molecule has 2 aromatic heterocycles. The SMILES string of the molecule is C[C@H](Sc1nnnn1C1CC1)c1nnc(-c2ccccc2)o1. The van der Waals surface area contributed by atoms with Gasteiger partial charge in [0, 0.05) is 5.56 Å². The lowest BCUT2D eigenvalue weighted by Gasteiger charge is -2.05. The second kappa shape index (κ2) is 5.53. The summed E-state index contributed by atoms with van der Waals surface area (Å²) in [5, 5.41) is 20.9. The molecule has 1 fully saturated rings. The maximum atomic E-state index is 5.78. The van der Waals surface area contributed by atoms with E-state index in [9.17, 15) is 0 Å². The Kier molecular flexibility index (Phi) is 3.38. The highest BCUT2D eigenvalue weighted by molar-refractivity contribution is 7.99. The first-order valence-corrected chi connectivity index (χ1v) is 8.02. The smallest absolute Gasteiger partial charge is 0.247 e. The molecule has 22 heavy (non-hydrogen) atoms. The molecule has 7 nitrogen and oxygen atoms in total. The van der Waals surface area contributed by atoms with E-state index in [1.807, 2.05) is 41.9 Å². The van der Waals surface area contributed by atoms with Crippen molar-refractivity contribution in [1.29, 1.82) is 0 Å². The number of benzene rings is 1. The van der Waals surface area contributed by atoms with Crippen LogP contribution in [0.5, 0.6) is 0 Å². The van der Waals surface area contributed by atoms with E-state index in [1.165, 1.54) is 11.8 Å². The standard InChI is InChI=1S/C14H14N6OS/c1-9(22-14-17-18-19-20(14)11-7-8-11)12-15-16-13(21-12)10-5-3-2-4-6-10/h2-6,9,11H,7-8H2,1H3/t9-/m0/s1. The molecule has 112 valence electrons. The van der Waals surface area contributed by atoms with Crippen molar-refractivity contribution in [2.75, 3.05) is 0 Å². The van der Waals surface area contributed by atoms with Crippen molar-refractivity contribution < 1.29 is 4.42 Å². The molecule has 8 heteroatoms. The number of aromatic nitrogens is 6. The Morgan fingerprint density at radius 1 is 1.18 bits per heavy atom. The molecular formula is C14H14N6OS. The Bertz CT molecular complexity index is 767. The number of hydrogen-bond donors (Lipinski definition) is 0. The highest BCUT2D eigenvalue weighted by Gasteiger charge is 2.29. The number of tetrazole rings is 1. The third kappa shape index (κ3) is 2.61. The fourth-order valence-corrected chi connectivity index (χ4v) is 3.01. The number of rotatable bonds is 5. The van der Waals surface area contributed by atoms with Crippen LogP contribution in [0.2, 0.25) is 0 Å². The highest BCUT2D eigenvalue weighted by Crippen LogP contribution is 2.40. The monoisotopic (exact) mass is 314 g/mol. The van der Waals surface area contributed by atoms with E-state index in [0.717, 1.165) is 23.6 Å². The van der Waals surface area contributed by atoms with Gasteiger partial charge in [-0.15, -0.1) is 15.3 Å². The lowest BCUT2D eigenvalue weighted by molar-refractivity contribution is 0.507. The average Bonchev–Trinajstić information content (AvgIpc) is 3.09. The van der Waals surface area contributed by atoms with Gasteiger partial charge in [-0.2, -0.15) is 0 Å². The van der Waals surface area contributed by atoms with E-state index in [1.54, 1.807) is 0 Å². The predicted molar refractivity (Wildman–Crippen MR) is 80.1 cm³/mol. The summed E-state index contributed by atoms with van der Waals surface area (Å²) < 4.78 is 7.66. The molecule has 1 aromatic carbocycles. The van der Waals surface area contributed by atoms with Gasteiger partial charge < -0.3 is 4.42 Å². The van der Waals surface area contributed by atoms with Crippen LogP contribution in [0, 0.1) is 0 Å². The molecule has 3 aromatic rings. The van der Waals surface area contributed by atoms with Crippen molar-refractivity contribution in [3.05, 3.63) is 36.2 Å². The molecule has 1 saturated carbocycles. The summed E-state index contributed by atoms with van der Waals surface area (Å²) in [6, 6.07) is 10.2. The van der Waals surface area contributed by atoms with Gasteiger partial charge in [-0.1, -0.05) is 30.0 Å². The summed E-state index contributed by atoms with van der Waals surface area (Å²) in [5.41, 5.74) is 0.918. The van der Waals surface area contributed by atoms with Crippen LogP contribution in [0.1, 0.15) is 36.9 Å². The Hall–Kier alpha value is -2.22. The van der Waals surface area contributed by atoms with Gasteiger partial charge in [0.25, 0.3) is 0 Å². The zero-order chi connectivity index (χ0) is 14.9. The molecule has 4 rings (SSSR count). The summed E-state index contributed by atoms with van der Waals surface area (Å²) in [4.78, 5) is 0.